The number of quaternary nitrogens is 1. The summed E-state index contributed by atoms with van der Waals surface area (Å²) in [6.45, 7) is 6.79. The van der Waals surface area contributed by atoms with E-state index in [1.54, 1.807) is 0 Å². The third-order valence-electron chi connectivity index (χ3n) is 3.26. The molecule has 1 aliphatic heterocycles. The molecule has 0 aliphatic carbocycles. The molecule has 1 heteroatoms. The van der Waals surface area contributed by atoms with Gasteiger partial charge in [0.1, 0.15) is 5.69 Å². The standard InChI is InChI=1S/C15H19N/c1-12-8-10-15(2,3)13-6-4-5-7-14(13)16-11-9-12/h4-9,11,16H,10H2,1-3H3/p+1/b11-9-,12-8-. The van der Waals surface area contributed by atoms with Gasteiger partial charge in [-0.2, -0.15) is 0 Å². The average molecular weight is 214 g/mol. The zero-order valence-corrected chi connectivity index (χ0v) is 10.3. The van der Waals surface area contributed by atoms with Crippen molar-refractivity contribution in [1.29, 1.82) is 0 Å². The van der Waals surface area contributed by atoms with Crippen molar-refractivity contribution in [3.05, 3.63) is 53.8 Å². The Labute approximate surface area is 97.9 Å². The summed E-state index contributed by atoms with van der Waals surface area (Å²) in [7, 11) is 0. The number of fused-ring (bicyclic) bond motifs is 1. The third kappa shape index (κ3) is 2.25. The Morgan fingerprint density at radius 1 is 1.19 bits per heavy atom. The third-order valence-corrected chi connectivity index (χ3v) is 3.26. The Morgan fingerprint density at radius 3 is 2.75 bits per heavy atom. The highest BCUT2D eigenvalue weighted by atomic mass is 14.8. The van der Waals surface area contributed by atoms with E-state index in [9.17, 15) is 0 Å². The van der Waals surface area contributed by atoms with Crippen LogP contribution in [0.15, 0.2) is 48.2 Å². The summed E-state index contributed by atoms with van der Waals surface area (Å²) in [5.74, 6) is 0. The van der Waals surface area contributed by atoms with Crippen LogP contribution in [0.1, 0.15) is 32.8 Å². The molecule has 0 atom stereocenters. The lowest BCUT2D eigenvalue weighted by molar-refractivity contribution is -0.497. The smallest absolute Gasteiger partial charge is 0.137 e. The lowest BCUT2D eigenvalue weighted by atomic mass is 9.80. The van der Waals surface area contributed by atoms with Gasteiger partial charge in [-0.3, -0.25) is 5.32 Å². The van der Waals surface area contributed by atoms with Crippen LogP contribution in [0.4, 0.5) is 5.69 Å². The van der Waals surface area contributed by atoms with E-state index in [1.807, 2.05) is 0 Å². The maximum atomic E-state index is 2.33. The van der Waals surface area contributed by atoms with E-state index in [0.29, 0.717) is 0 Å². The van der Waals surface area contributed by atoms with E-state index in [1.165, 1.54) is 16.8 Å². The molecule has 0 unspecified atom stereocenters. The second-order valence-corrected chi connectivity index (χ2v) is 5.15. The maximum Gasteiger partial charge on any atom is 0.137 e. The van der Waals surface area contributed by atoms with Crippen LogP contribution in [0.5, 0.6) is 0 Å². The number of benzene rings is 1. The van der Waals surface area contributed by atoms with Crippen LogP contribution >= 0.6 is 0 Å². The fourth-order valence-corrected chi connectivity index (χ4v) is 2.16. The first-order valence-electron chi connectivity index (χ1n) is 5.87. The molecule has 1 heterocycles. The predicted octanol–water partition coefficient (Wildman–Crippen LogP) is 3.02. The molecule has 2 rings (SSSR count). The molecule has 0 aromatic heterocycles. The summed E-state index contributed by atoms with van der Waals surface area (Å²) < 4.78 is 0. The molecule has 1 aromatic carbocycles. The quantitative estimate of drug-likeness (QED) is 0.639. The number of hydrogen-bond acceptors (Lipinski definition) is 0. The minimum Gasteiger partial charge on any atom is -0.287 e. The van der Waals surface area contributed by atoms with E-state index in [4.69, 9.17) is 0 Å². The summed E-state index contributed by atoms with van der Waals surface area (Å²) in [4.78, 5) is 0. The number of rotatable bonds is 0. The fourth-order valence-electron chi connectivity index (χ4n) is 2.16. The van der Waals surface area contributed by atoms with Gasteiger partial charge in [-0.05, 0) is 36.5 Å². The van der Waals surface area contributed by atoms with E-state index in [0.717, 1.165) is 6.42 Å². The van der Waals surface area contributed by atoms with Crippen LogP contribution in [0, 0.1) is 0 Å². The summed E-state index contributed by atoms with van der Waals surface area (Å²) in [6, 6.07) is 8.68. The largest absolute Gasteiger partial charge is 0.287 e. The van der Waals surface area contributed by atoms with E-state index in [2.05, 4.69) is 68.7 Å². The molecule has 1 nitrogen and oxygen atoms in total. The SMILES string of the molecule is CC1=C/CC(C)(C)c2ccccc2[NH2+]/C=C\1. The van der Waals surface area contributed by atoms with Gasteiger partial charge < -0.3 is 0 Å². The average Bonchev–Trinajstić information content (AvgIpc) is 2.31. The van der Waals surface area contributed by atoms with Crippen LogP contribution in [0.2, 0.25) is 0 Å². The van der Waals surface area contributed by atoms with Gasteiger partial charge in [0.15, 0.2) is 0 Å². The monoisotopic (exact) mass is 214 g/mol. The molecule has 0 saturated heterocycles. The zero-order chi connectivity index (χ0) is 11.6. The maximum absolute atomic E-state index is 2.33. The minimum absolute atomic E-state index is 0.209. The van der Waals surface area contributed by atoms with Crippen molar-refractivity contribution >= 4 is 5.69 Å². The van der Waals surface area contributed by atoms with Crippen LogP contribution in [-0.4, -0.2) is 0 Å². The second-order valence-electron chi connectivity index (χ2n) is 5.15. The Hall–Kier alpha value is -1.34. The van der Waals surface area contributed by atoms with Gasteiger partial charge in [-0.1, -0.05) is 38.1 Å². The molecular weight excluding hydrogens is 194 g/mol. The molecule has 0 radical (unpaired) electrons. The van der Waals surface area contributed by atoms with Crippen molar-refractivity contribution in [3.63, 3.8) is 0 Å². The molecular formula is C15H20N+. The van der Waals surface area contributed by atoms with Gasteiger partial charge in [0.2, 0.25) is 0 Å². The molecule has 1 aliphatic rings. The van der Waals surface area contributed by atoms with Crippen LogP contribution in [-0.2, 0) is 5.41 Å². The Bertz CT molecular complexity index is 439. The predicted molar refractivity (Wildman–Crippen MR) is 68.6 cm³/mol. The van der Waals surface area contributed by atoms with Crippen LogP contribution in [0.3, 0.4) is 0 Å². The number of nitrogens with two attached hydrogens (primary N) is 1. The molecule has 0 fully saturated rings. The van der Waals surface area contributed by atoms with Crippen molar-refractivity contribution in [2.75, 3.05) is 0 Å². The summed E-state index contributed by atoms with van der Waals surface area (Å²) in [5, 5.41) is 2.21. The van der Waals surface area contributed by atoms with E-state index in [-0.39, 0.29) is 5.41 Å². The van der Waals surface area contributed by atoms with Crippen molar-refractivity contribution < 1.29 is 5.32 Å². The van der Waals surface area contributed by atoms with Crippen molar-refractivity contribution in [2.45, 2.75) is 32.6 Å². The van der Waals surface area contributed by atoms with Crippen molar-refractivity contribution in [3.8, 4) is 0 Å². The Morgan fingerprint density at radius 2 is 1.94 bits per heavy atom. The van der Waals surface area contributed by atoms with Gasteiger partial charge in [-0.15, -0.1) is 0 Å². The Balaban J connectivity index is 2.49. The van der Waals surface area contributed by atoms with Crippen molar-refractivity contribution in [2.24, 2.45) is 0 Å². The van der Waals surface area contributed by atoms with E-state index < -0.39 is 0 Å². The first-order valence-corrected chi connectivity index (χ1v) is 5.87. The van der Waals surface area contributed by atoms with Crippen LogP contribution in [0.25, 0.3) is 0 Å². The number of hydrogen-bond donors (Lipinski definition) is 1. The zero-order valence-electron chi connectivity index (χ0n) is 10.3. The van der Waals surface area contributed by atoms with Gasteiger partial charge in [0.05, 0.1) is 6.20 Å². The highest BCUT2D eigenvalue weighted by Crippen LogP contribution is 2.31. The Kier molecular flexibility index (Phi) is 2.97. The van der Waals surface area contributed by atoms with Crippen LogP contribution < -0.4 is 5.32 Å². The number of para-hydroxylation sites is 1. The molecule has 2 N–H and O–H groups in total. The second kappa shape index (κ2) is 4.26. The molecule has 0 spiro atoms. The van der Waals surface area contributed by atoms with Crippen molar-refractivity contribution in [1.82, 2.24) is 0 Å². The normalized spacial score (nSPS) is 24.3. The molecule has 16 heavy (non-hydrogen) atoms. The molecule has 0 saturated carbocycles. The van der Waals surface area contributed by atoms with Gasteiger partial charge >= 0.3 is 0 Å². The fraction of sp³-hybridized carbons (Fsp3) is 0.333. The molecule has 0 amide bonds. The van der Waals surface area contributed by atoms with Gasteiger partial charge in [0.25, 0.3) is 0 Å². The lowest BCUT2D eigenvalue weighted by Crippen LogP contribution is -2.71. The molecule has 1 aromatic rings. The topological polar surface area (TPSA) is 16.6 Å². The molecule has 84 valence electrons. The first-order chi connectivity index (χ1) is 7.59. The summed E-state index contributed by atoms with van der Waals surface area (Å²) >= 11 is 0. The lowest BCUT2D eigenvalue weighted by Gasteiger charge is -2.24. The first kappa shape index (κ1) is 11.2. The highest BCUT2D eigenvalue weighted by molar-refractivity contribution is 5.44. The summed E-state index contributed by atoms with van der Waals surface area (Å²) in [5.41, 5.74) is 4.33. The minimum atomic E-state index is 0.209. The highest BCUT2D eigenvalue weighted by Gasteiger charge is 2.24. The van der Waals surface area contributed by atoms with Gasteiger partial charge in [0, 0.05) is 5.56 Å². The number of allylic oxidation sites excluding steroid dienone is 3. The summed E-state index contributed by atoms with van der Waals surface area (Å²) in [6.07, 6.45) is 7.74. The molecule has 0 bridgehead atoms. The van der Waals surface area contributed by atoms with E-state index >= 15 is 0 Å². The van der Waals surface area contributed by atoms with Gasteiger partial charge in [-0.25, -0.2) is 0 Å².